The Labute approximate surface area is 163 Å². The van der Waals surface area contributed by atoms with E-state index in [2.05, 4.69) is 20.5 Å². The maximum atomic E-state index is 12.2. The number of rotatable bonds is 4. The van der Waals surface area contributed by atoms with Crippen molar-refractivity contribution < 1.29 is 9.90 Å². The van der Waals surface area contributed by atoms with Gasteiger partial charge in [0.25, 0.3) is 11.5 Å². The Bertz CT molecular complexity index is 1170. The van der Waals surface area contributed by atoms with Crippen LogP contribution in [-0.4, -0.2) is 31.3 Å². The molecule has 10 heteroatoms. The number of aromatic amines is 1. The number of nitrogens with one attached hydrogen (secondary N) is 2. The second-order valence-electron chi connectivity index (χ2n) is 5.64. The van der Waals surface area contributed by atoms with E-state index in [1.165, 1.54) is 55.7 Å². The fourth-order valence-corrected chi connectivity index (χ4v) is 2.57. The summed E-state index contributed by atoms with van der Waals surface area (Å²) in [5.41, 5.74) is 0.963. The van der Waals surface area contributed by atoms with Crippen LogP contribution >= 0.6 is 11.6 Å². The molecule has 0 spiro atoms. The molecule has 3 N–H and O–H groups in total. The van der Waals surface area contributed by atoms with Crippen molar-refractivity contribution in [3.05, 3.63) is 85.8 Å². The van der Waals surface area contributed by atoms with Crippen LogP contribution in [0.3, 0.4) is 0 Å². The number of carbonyl (C=O) groups is 1. The number of halogens is 1. The summed E-state index contributed by atoms with van der Waals surface area (Å²) < 4.78 is 0.900. The first-order valence-corrected chi connectivity index (χ1v) is 8.35. The van der Waals surface area contributed by atoms with E-state index in [9.17, 15) is 19.5 Å². The number of amides is 1. The van der Waals surface area contributed by atoms with Crippen LogP contribution in [0.15, 0.2) is 63.5 Å². The van der Waals surface area contributed by atoms with E-state index in [1.807, 2.05) is 0 Å². The van der Waals surface area contributed by atoms with Crippen LogP contribution in [0.4, 0.5) is 0 Å². The van der Waals surface area contributed by atoms with Gasteiger partial charge in [-0.15, -0.1) is 0 Å². The molecule has 2 heterocycles. The third kappa shape index (κ3) is 3.84. The van der Waals surface area contributed by atoms with Crippen LogP contribution in [-0.2, 0) is 0 Å². The highest BCUT2D eigenvalue weighted by Gasteiger charge is 2.18. The molecule has 0 unspecified atom stereocenters. The monoisotopic (exact) mass is 399 g/mol. The topological polar surface area (TPSA) is 129 Å². The zero-order valence-corrected chi connectivity index (χ0v) is 15.3. The zero-order chi connectivity index (χ0) is 20.3. The van der Waals surface area contributed by atoms with Crippen LogP contribution in [0.5, 0.6) is 5.88 Å². The van der Waals surface area contributed by atoms with Gasteiger partial charge in [0.05, 0.1) is 11.4 Å². The van der Waals surface area contributed by atoms with E-state index in [0.29, 0.717) is 10.6 Å². The molecule has 3 aromatic rings. The Morgan fingerprint density at radius 3 is 2.46 bits per heavy atom. The highest BCUT2D eigenvalue weighted by atomic mass is 35.5. The highest BCUT2D eigenvalue weighted by Crippen LogP contribution is 2.19. The summed E-state index contributed by atoms with van der Waals surface area (Å²) in [6, 6.07) is 9.05. The van der Waals surface area contributed by atoms with Gasteiger partial charge < -0.3 is 5.11 Å². The van der Waals surface area contributed by atoms with Crippen LogP contribution in [0, 0.1) is 0 Å². The first kappa shape index (κ1) is 19.1. The lowest BCUT2D eigenvalue weighted by atomic mass is 10.2. The maximum absolute atomic E-state index is 12.2. The first-order valence-electron chi connectivity index (χ1n) is 7.97. The number of H-pyrrole nitrogens is 1. The van der Waals surface area contributed by atoms with E-state index < -0.39 is 23.0 Å². The highest BCUT2D eigenvalue weighted by molar-refractivity contribution is 6.30. The predicted octanol–water partition coefficient (Wildman–Crippen LogP) is 1.43. The lowest BCUT2D eigenvalue weighted by Gasteiger charge is -2.11. The molecular formula is C18H14ClN5O4. The van der Waals surface area contributed by atoms with E-state index in [-0.39, 0.29) is 17.0 Å². The zero-order valence-electron chi connectivity index (χ0n) is 14.5. The number of nitrogens with zero attached hydrogens (tertiary/aromatic N) is 3. The van der Waals surface area contributed by atoms with Crippen LogP contribution in [0.2, 0.25) is 5.02 Å². The Balaban J connectivity index is 2.00. The summed E-state index contributed by atoms with van der Waals surface area (Å²) in [4.78, 5) is 42.4. The smallest absolute Gasteiger partial charge is 0.335 e. The molecule has 0 saturated carbocycles. The molecule has 0 fully saturated rings. The lowest BCUT2D eigenvalue weighted by molar-refractivity contribution is 0.0954. The van der Waals surface area contributed by atoms with Gasteiger partial charge in [0.1, 0.15) is 5.56 Å². The third-order valence-corrected chi connectivity index (χ3v) is 4.05. The van der Waals surface area contributed by atoms with Crippen molar-refractivity contribution in [1.29, 1.82) is 0 Å². The van der Waals surface area contributed by atoms with E-state index in [4.69, 9.17) is 11.6 Å². The molecule has 0 radical (unpaired) electrons. The van der Waals surface area contributed by atoms with Crippen molar-refractivity contribution in [2.24, 2.45) is 5.10 Å². The molecule has 3 rings (SSSR count). The molecule has 1 aromatic carbocycles. The molecule has 0 aliphatic carbocycles. The van der Waals surface area contributed by atoms with Crippen LogP contribution in [0.1, 0.15) is 22.8 Å². The molecule has 9 nitrogen and oxygen atoms in total. The van der Waals surface area contributed by atoms with Gasteiger partial charge in [0.2, 0.25) is 5.88 Å². The normalized spacial score (nSPS) is 11.3. The average molecular weight is 400 g/mol. The summed E-state index contributed by atoms with van der Waals surface area (Å²) in [6.07, 6.45) is 2.90. The van der Waals surface area contributed by atoms with Crippen LogP contribution in [0.25, 0.3) is 5.69 Å². The van der Waals surface area contributed by atoms with Crippen molar-refractivity contribution in [3.8, 4) is 11.6 Å². The Kier molecular flexibility index (Phi) is 5.37. The molecule has 1 amide bonds. The third-order valence-electron chi connectivity index (χ3n) is 3.80. The summed E-state index contributed by atoms with van der Waals surface area (Å²) in [7, 11) is 0. The lowest BCUT2D eigenvalue weighted by Crippen LogP contribution is -2.33. The molecule has 0 aliphatic heterocycles. The van der Waals surface area contributed by atoms with Gasteiger partial charge in [0.15, 0.2) is 0 Å². The minimum Gasteiger partial charge on any atom is -0.493 e. The SMILES string of the molecule is CC(=NNC(=O)c1ccncc1)c1c(O)n(-c2ccc(Cl)cc2)c(=O)[nH]c1=O. The van der Waals surface area contributed by atoms with E-state index in [1.54, 1.807) is 0 Å². The van der Waals surface area contributed by atoms with E-state index in [0.717, 1.165) is 4.57 Å². The summed E-state index contributed by atoms with van der Waals surface area (Å²) in [5, 5.41) is 14.8. The van der Waals surface area contributed by atoms with Gasteiger partial charge in [0, 0.05) is 23.0 Å². The fraction of sp³-hybridized carbons (Fsp3) is 0.0556. The van der Waals surface area contributed by atoms with Crippen molar-refractivity contribution >= 4 is 23.2 Å². The second kappa shape index (κ2) is 7.89. The number of carbonyl (C=O) groups excluding carboxylic acids is 1. The van der Waals surface area contributed by atoms with Crippen molar-refractivity contribution in [3.63, 3.8) is 0 Å². The molecule has 142 valence electrons. The van der Waals surface area contributed by atoms with Gasteiger partial charge in [-0.25, -0.2) is 14.8 Å². The largest absolute Gasteiger partial charge is 0.493 e. The molecule has 0 aliphatic rings. The van der Waals surface area contributed by atoms with Gasteiger partial charge in [-0.2, -0.15) is 5.10 Å². The van der Waals surface area contributed by atoms with Gasteiger partial charge in [-0.05, 0) is 43.3 Å². The summed E-state index contributed by atoms with van der Waals surface area (Å²) >= 11 is 5.84. The van der Waals surface area contributed by atoms with Crippen molar-refractivity contribution in [2.75, 3.05) is 0 Å². The van der Waals surface area contributed by atoms with E-state index >= 15 is 0 Å². The van der Waals surface area contributed by atoms with Crippen molar-refractivity contribution in [1.82, 2.24) is 20.0 Å². The number of aromatic nitrogens is 3. The minimum absolute atomic E-state index is 0.00358. The van der Waals surface area contributed by atoms with Gasteiger partial charge in [-0.1, -0.05) is 11.6 Å². The summed E-state index contributed by atoms with van der Waals surface area (Å²) in [6.45, 7) is 1.41. The number of hydrogen-bond acceptors (Lipinski definition) is 6. The molecule has 0 saturated heterocycles. The quantitative estimate of drug-likeness (QED) is 0.451. The first-order chi connectivity index (χ1) is 13.4. The Morgan fingerprint density at radius 1 is 1.18 bits per heavy atom. The second-order valence-corrected chi connectivity index (χ2v) is 6.08. The molecule has 0 bridgehead atoms. The maximum Gasteiger partial charge on any atom is 0.335 e. The molecule has 28 heavy (non-hydrogen) atoms. The Morgan fingerprint density at radius 2 is 1.82 bits per heavy atom. The number of hydrazone groups is 1. The molecular weight excluding hydrogens is 386 g/mol. The summed E-state index contributed by atoms with van der Waals surface area (Å²) in [5.74, 6) is -1.14. The minimum atomic E-state index is -0.841. The molecule has 2 aromatic heterocycles. The number of pyridine rings is 1. The fourth-order valence-electron chi connectivity index (χ4n) is 2.44. The number of benzene rings is 1. The van der Waals surface area contributed by atoms with Crippen LogP contribution < -0.4 is 16.7 Å². The predicted molar refractivity (Wildman–Crippen MR) is 103 cm³/mol. The number of aromatic hydroxyl groups is 1. The molecule has 0 atom stereocenters. The Hall–Kier alpha value is -3.72. The van der Waals surface area contributed by atoms with Gasteiger partial charge in [-0.3, -0.25) is 19.6 Å². The van der Waals surface area contributed by atoms with Crippen molar-refractivity contribution in [2.45, 2.75) is 6.92 Å². The standard InChI is InChI=1S/C18H14ClN5O4/c1-10(22-23-15(25)11-6-8-20-9-7-11)14-16(26)21-18(28)24(17(14)27)13-4-2-12(19)3-5-13/h2-9,27H,1H3,(H,23,25)(H,21,26,28). The average Bonchev–Trinajstić information content (AvgIpc) is 2.68. The number of hydrogen-bond donors (Lipinski definition) is 3. The van der Waals surface area contributed by atoms with Gasteiger partial charge >= 0.3 is 5.69 Å².